The molecule has 5 heterocycles. The number of ether oxygens (including phenoxy) is 2. The quantitative estimate of drug-likeness (QED) is 0.358. The van der Waals surface area contributed by atoms with E-state index >= 15 is 0 Å². The van der Waals surface area contributed by atoms with Crippen molar-refractivity contribution in [2.75, 3.05) is 18.5 Å². The number of aliphatic imine (C=N–C) groups is 1. The van der Waals surface area contributed by atoms with Gasteiger partial charge in [-0.05, 0) is 35.1 Å². The van der Waals surface area contributed by atoms with Gasteiger partial charge in [0.1, 0.15) is 36.0 Å². The summed E-state index contributed by atoms with van der Waals surface area (Å²) in [7, 11) is 0. The molecule has 224 valence electrons. The van der Waals surface area contributed by atoms with Gasteiger partial charge in [0.25, 0.3) is 0 Å². The lowest BCUT2D eigenvalue weighted by atomic mass is 9.72. The number of fused-ring (bicyclic) bond motifs is 4. The molecule has 0 fully saturated rings. The topological polar surface area (TPSA) is 147 Å². The molecule has 3 aromatic rings. The number of rotatable bonds is 5. The first-order chi connectivity index (χ1) is 20.7. The van der Waals surface area contributed by atoms with E-state index in [1.807, 2.05) is 50.2 Å². The summed E-state index contributed by atoms with van der Waals surface area (Å²) < 4.78 is 19.3. The van der Waals surface area contributed by atoms with Gasteiger partial charge in [0.2, 0.25) is 23.6 Å². The zero-order chi connectivity index (χ0) is 30.0. The van der Waals surface area contributed by atoms with Crippen molar-refractivity contribution in [2.24, 2.45) is 16.8 Å². The Balaban J connectivity index is 1.46. The van der Waals surface area contributed by atoms with Crippen molar-refractivity contribution >= 4 is 23.4 Å². The average Bonchev–Trinajstić information content (AvgIpc) is 3.76. The third-order valence-corrected chi connectivity index (χ3v) is 8.74. The summed E-state index contributed by atoms with van der Waals surface area (Å²) in [6.07, 6.45) is -1.59. The number of nitrogens with one attached hydrogen (secondary N) is 3. The highest BCUT2D eigenvalue weighted by Crippen LogP contribution is 2.58. The van der Waals surface area contributed by atoms with Crippen LogP contribution >= 0.6 is 0 Å². The highest BCUT2D eigenvalue weighted by molar-refractivity contribution is 5.96. The second-order valence-electron chi connectivity index (χ2n) is 12.3. The molecular weight excluding hydrogens is 550 g/mol. The maximum Gasteiger partial charge on any atom is 0.249 e. The van der Waals surface area contributed by atoms with E-state index in [1.54, 1.807) is 13.8 Å². The molecule has 11 heteroatoms. The first-order valence-electron chi connectivity index (χ1n) is 14.8. The highest BCUT2D eigenvalue weighted by Gasteiger charge is 2.61. The normalized spacial score (nSPS) is 25.8. The van der Waals surface area contributed by atoms with Crippen molar-refractivity contribution < 1.29 is 28.6 Å². The maximum absolute atomic E-state index is 13.9. The molecule has 1 aromatic heterocycles. The summed E-state index contributed by atoms with van der Waals surface area (Å²) in [5.74, 6) is 0.466. The van der Waals surface area contributed by atoms with Crippen LogP contribution in [0.1, 0.15) is 67.8 Å². The van der Waals surface area contributed by atoms with E-state index in [-0.39, 0.29) is 18.3 Å². The van der Waals surface area contributed by atoms with Crippen LogP contribution in [0.3, 0.4) is 0 Å². The largest absolute Gasteiger partial charge is 0.474 e. The van der Waals surface area contributed by atoms with Crippen LogP contribution < -0.4 is 20.7 Å². The lowest BCUT2D eigenvalue weighted by Gasteiger charge is -2.29. The van der Waals surface area contributed by atoms with Gasteiger partial charge in [-0.3, -0.25) is 9.59 Å². The van der Waals surface area contributed by atoms with Gasteiger partial charge in [0.15, 0.2) is 17.7 Å². The Bertz CT molecular complexity index is 1650. The number of para-hydroxylation sites is 1. The van der Waals surface area contributed by atoms with Gasteiger partial charge in [-0.1, -0.05) is 58.0 Å². The minimum Gasteiger partial charge on any atom is -0.474 e. The molecule has 2 amide bonds. The summed E-state index contributed by atoms with van der Waals surface area (Å²) in [5.41, 5.74) is 3.07. The number of hydrogen-bond acceptors (Lipinski definition) is 9. The zero-order valence-electron chi connectivity index (χ0n) is 24.5. The van der Waals surface area contributed by atoms with E-state index < -0.39 is 41.6 Å². The fourth-order valence-corrected chi connectivity index (χ4v) is 6.49. The Labute approximate surface area is 249 Å². The number of carbonyl (C=O) groups is 2. The molecule has 43 heavy (non-hydrogen) atoms. The first kappa shape index (κ1) is 27.5. The van der Waals surface area contributed by atoms with Crippen LogP contribution in [0.15, 0.2) is 51.9 Å². The monoisotopic (exact) mass is 585 g/mol. The lowest BCUT2D eigenvalue weighted by Crippen LogP contribution is -2.52. The molecule has 0 radical (unpaired) electrons. The lowest BCUT2D eigenvalue weighted by molar-refractivity contribution is -0.135. The van der Waals surface area contributed by atoms with Gasteiger partial charge in [0, 0.05) is 17.7 Å². The fraction of sp³-hybridized carbons (Fsp3) is 0.438. The second-order valence-corrected chi connectivity index (χ2v) is 12.3. The minimum atomic E-state index is -1.25. The zero-order valence-corrected chi connectivity index (χ0v) is 24.5. The number of aromatic nitrogens is 1. The molecule has 4 aliphatic heterocycles. The van der Waals surface area contributed by atoms with Crippen molar-refractivity contribution in [2.45, 2.75) is 63.9 Å². The summed E-state index contributed by atoms with van der Waals surface area (Å²) >= 11 is 0. The molecule has 4 N–H and O–H groups in total. The average molecular weight is 586 g/mol. The maximum atomic E-state index is 13.9. The molecule has 1 spiro atoms. The van der Waals surface area contributed by atoms with Crippen molar-refractivity contribution in [3.8, 4) is 5.75 Å². The number of nitrogens with zero attached hydrogens (tertiary/aromatic N) is 2. The van der Waals surface area contributed by atoms with Crippen LogP contribution in [0, 0.1) is 11.8 Å². The SMILES string of the molecule is CC(C)[C@H](O)C(=O)N[C@H]1Cc2ccc3c(c2)C2(c4ccccc4N[C@H]2O3)c2oc(nc2C2=NCCO2)[C@H](C(C)C)NC1=O. The van der Waals surface area contributed by atoms with Crippen LogP contribution in [0.25, 0.3) is 0 Å². The van der Waals surface area contributed by atoms with Crippen molar-refractivity contribution in [3.63, 3.8) is 0 Å². The number of aliphatic hydroxyl groups excluding tert-OH is 1. The molecule has 5 atom stereocenters. The standard InChI is InChI=1S/C32H35N5O6/c1-15(2)23-30-37-24(29-33-11-12-41-29)26(43-30)32-18-7-5-6-8-20(18)35-31(32)42-22-10-9-17(13-19(22)32)14-21(27(39)36-23)34-28(40)25(38)16(3)4/h5-10,13,15-16,21,23,25,31,35,38H,11-12,14H2,1-4H3,(H,34,40)(H,36,39)/t21-,23-,25-,31-,32?/m0/s1. The number of aliphatic hydroxyl groups is 1. The van der Waals surface area contributed by atoms with E-state index in [0.717, 1.165) is 22.4 Å². The van der Waals surface area contributed by atoms with Gasteiger partial charge >= 0.3 is 0 Å². The predicted octanol–water partition coefficient (Wildman–Crippen LogP) is 2.80. The summed E-state index contributed by atoms with van der Waals surface area (Å²) in [5, 5.41) is 19.9. The third-order valence-electron chi connectivity index (χ3n) is 8.74. The number of carbonyl (C=O) groups excluding carboxylic acids is 2. The van der Waals surface area contributed by atoms with E-state index in [0.29, 0.717) is 42.1 Å². The molecular formula is C32H35N5O6. The number of anilines is 1. The van der Waals surface area contributed by atoms with Crippen LogP contribution in [-0.2, 0) is 26.2 Å². The molecule has 0 saturated heterocycles. The fourth-order valence-electron chi connectivity index (χ4n) is 6.49. The molecule has 2 aromatic carbocycles. The highest BCUT2D eigenvalue weighted by atomic mass is 16.5. The second kappa shape index (κ2) is 10.1. The number of hydrogen-bond donors (Lipinski definition) is 4. The molecule has 7 rings (SSSR count). The first-order valence-corrected chi connectivity index (χ1v) is 14.8. The smallest absolute Gasteiger partial charge is 0.249 e. The molecule has 11 nitrogen and oxygen atoms in total. The summed E-state index contributed by atoms with van der Waals surface area (Å²) in [6, 6.07) is 12.2. The minimum absolute atomic E-state index is 0.120. The van der Waals surface area contributed by atoms with Gasteiger partial charge in [-0.2, -0.15) is 0 Å². The van der Waals surface area contributed by atoms with Crippen LogP contribution in [0.2, 0.25) is 0 Å². The van der Waals surface area contributed by atoms with Crippen molar-refractivity contribution in [1.29, 1.82) is 0 Å². The summed E-state index contributed by atoms with van der Waals surface area (Å²) in [6.45, 7) is 8.38. The predicted molar refractivity (Wildman–Crippen MR) is 157 cm³/mol. The molecule has 4 aliphatic rings. The Hall–Kier alpha value is -4.38. The number of amides is 2. The molecule has 4 bridgehead atoms. The van der Waals surface area contributed by atoms with Crippen LogP contribution in [0.5, 0.6) is 5.75 Å². The number of benzene rings is 2. The van der Waals surface area contributed by atoms with E-state index in [4.69, 9.17) is 18.9 Å². The number of oxazole rings is 1. The molecule has 0 aliphatic carbocycles. The Morgan fingerprint density at radius 3 is 2.67 bits per heavy atom. The Morgan fingerprint density at radius 2 is 1.93 bits per heavy atom. The van der Waals surface area contributed by atoms with Gasteiger partial charge in [0.05, 0.1) is 6.54 Å². The van der Waals surface area contributed by atoms with Crippen molar-refractivity contribution in [1.82, 2.24) is 15.6 Å². The summed E-state index contributed by atoms with van der Waals surface area (Å²) in [4.78, 5) is 36.4. The Morgan fingerprint density at radius 1 is 1.12 bits per heavy atom. The molecule has 0 saturated carbocycles. The van der Waals surface area contributed by atoms with E-state index in [9.17, 15) is 14.7 Å². The van der Waals surface area contributed by atoms with Gasteiger partial charge in [-0.15, -0.1) is 0 Å². The third kappa shape index (κ3) is 4.20. The Kier molecular flexibility index (Phi) is 6.46. The van der Waals surface area contributed by atoms with Crippen LogP contribution in [-0.4, -0.2) is 59.3 Å². The molecule has 1 unspecified atom stereocenters. The van der Waals surface area contributed by atoms with Crippen molar-refractivity contribution in [3.05, 3.63) is 76.5 Å². The van der Waals surface area contributed by atoms with Gasteiger partial charge in [-0.25, -0.2) is 9.98 Å². The van der Waals surface area contributed by atoms with Gasteiger partial charge < -0.3 is 34.9 Å². The van der Waals surface area contributed by atoms with E-state index in [2.05, 4.69) is 27.0 Å². The van der Waals surface area contributed by atoms with E-state index in [1.165, 1.54) is 0 Å². The van der Waals surface area contributed by atoms with Crippen LogP contribution in [0.4, 0.5) is 5.69 Å².